The number of aryl methyl sites for hydroxylation is 1. The van der Waals surface area contributed by atoms with Gasteiger partial charge in [-0.25, -0.2) is 10.1 Å². The van der Waals surface area contributed by atoms with E-state index in [1.165, 1.54) is 6.21 Å². The van der Waals surface area contributed by atoms with Crippen LogP contribution in [0.3, 0.4) is 0 Å². The zero-order chi connectivity index (χ0) is 19.9. The van der Waals surface area contributed by atoms with Gasteiger partial charge in [0.25, 0.3) is 11.8 Å². The molecule has 0 aliphatic rings. The molecule has 0 saturated heterocycles. The van der Waals surface area contributed by atoms with Crippen molar-refractivity contribution in [3.63, 3.8) is 0 Å². The van der Waals surface area contributed by atoms with Crippen LogP contribution in [0.15, 0.2) is 65.8 Å². The average molecular weight is 396 g/mol. The number of rotatable bonds is 6. The van der Waals surface area contributed by atoms with Gasteiger partial charge in [-0.15, -0.1) is 0 Å². The maximum absolute atomic E-state index is 11.9. The average Bonchev–Trinajstić information content (AvgIpc) is 3.01. The number of hydrogen-bond donors (Lipinski definition) is 2. The summed E-state index contributed by atoms with van der Waals surface area (Å²) in [6.45, 7) is 1.61. The van der Waals surface area contributed by atoms with Gasteiger partial charge in [0.1, 0.15) is 5.15 Å². The largest absolute Gasteiger partial charge is 0.343 e. The Kier molecular flexibility index (Phi) is 6.18. The predicted molar refractivity (Wildman–Crippen MR) is 108 cm³/mol. The van der Waals surface area contributed by atoms with Gasteiger partial charge >= 0.3 is 0 Å². The third-order valence-electron chi connectivity index (χ3n) is 3.88. The van der Waals surface area contributed by atoms with Crippen molar-refractivity contribution in [2.75, 3.05) is 6.54 Å². The molecule has 8 heteroatoms. The van der Waals surface area contributed by atoms with Crippen LogP contribution < -0.4 is 10.7 Å². The first-order chi connectivity index (χ1) is 13.6. The lowest BCUT2D eigenvalue weighted by Crippen LogP contribution is -2.34. The van der Waals surface area contributed by atoms with Gasteiger partial charge in [0, 0.05) is 5.56 Å². The third kappa shape index (κ3) is 4.63. The molecular weight excluding hydrogens is 378 g/mol. The number of benzene rings is 2. The Hall–Kier alpha value is -3.45. The lowest BCUT2D eigenvalue weighted by atomic mass is 10.2. The van der Waals surface area contributed by atoms with E-state index in [-0.39, 0.29) is 12.5 Å². The molecule has 0 atom stereocenters. The molecule has 2 N–H and O–H groups in total. The summed E-state index contributed by atoms with van der Waals surface area (Å²) in [6, 6.07) is 18.1. The molecule has 7 nitrogen and oxygen atoms in total. The van der Waals surface area contributed by atoms with Crippen molar-refractivity contribution in [1.82, 2.24) is 20.5 Å². The molecule has 3 aromatic rings. The number of aromatic nitrogens is 2. The number of carbonyl (C=O) groups is 2. The summed E-state index contributed by atoms with van der Waals surface area (Å²) in [5.41, 5.74) is 4.93. The van der Waals surface area contributed by atoms with Crippen LogP contribution in [-0.4, -0.2) is 34.4 Å². The fraction of sp³-hybridized carbons (Fsp3) is 0.100. The molecule has 0 radical (unpaired) electrons. The van der Waals surface area contributed by atoms with E-state index in [4.69, 9.17) is 11.6 Å². The number of nitrogens with one attached hydrogen (secondary N) is 2. The maximum Gasteiger partial charge on any atom is 0.259 e. The van der Waals surface area contributed by atoms with Gasteiger partial charge in [0.2, 0.25) is 0 Å². The number of halogens is 1. The van der Waals surface area contributed by atoms with E-state index >= 15 is 0 Å². The van der Waals surface area contributed by atoms with Crippen LogP contribution in [0, 0.1) is 6.92 Å². The van der Waals surface area contributed by atoms with Gasteiger partial charge in [-0.1, -0.05) is 48.0 Å². The van der Waals surface area contributed by atoms with Crippen LogP contribution in [-0.2, 0) is 4.79 Å². The second-order valence-corrected chi connectivity index (χ2v) is 6.24. The number of carbonyl (C=O) groups excluding carboxylic acids is 2. The molecule has 0 aliphatic heterocycles. The number of amides is 2. The van der Waals surface area contributed by atoms with E-state index < -0.39 is 5.91 Å². The highest BCUT2D eigenvalue weighted by atomic mass is 35.5. The van der Waals surface area contributed by atoms with Crippen LogP contribution in [0.25, 0.3) is 5.69 Å². The first-order valence-corrected chi connectivity index (χ1v) is 8.89. The van der Waals surface area contributed by atoms with Crippen molar-refractivity contribution in [2.45, 2.75) is 6.92 Å². The number of para-hydroxylation sites is 1. The Balaban J connectivity index is 1.58. The smallest absolute Gasteiger partial charge is 0.259 e. The van der Waals surface area contributed by atoms with E-state index in [0.717, 1.165) is 5.69 Å². The Labute approximate surface area is 167 Å². The van der Waals surface area contributed by atoms with Crippen LogP contribution in [0.4, 0.5) is 0 Å². The lowest BCUT2D eigenvalue weighted by molar-refractivity contribution is -0.120. The van der Waals surface area contributed by atoms with E-state index in [0.29, 0.717) is 22.0 Å². The van der Waals surface area contributed by atoms with Crippen LogP contribution in [0.2, 0.25) is 5.15 Å². The molecule has 0 unspecified atom stereocenters. The van der Waals surface area contributed by atoms with Crippen molar-refractivity contribution in [3.05, 3.63) is 82.6 Å². The summed E-state index contributed by atoms with van der Waals surface area (Å²) in [5.74, 6) is -0.785. The molecule has 0 aliphatic carbocycles. The highest BCUT2D eigenvalue weighted by Gasteiger charge is 2.13. The van der Waals surface area contributed by atoms with Gasteiger partial charge in [-0.2, -0.15) is 10.2 Å². The second kappa shape index (κ2) is 8.96. The predicted octanol–water partition coefficient (Wildman–Crippen LogP) is 2.71. The minimum absolute atomic E-state index is 0.193. The molecule has 0 spiro atoms. The van der Waals surface area contributed by atoms with Gasteiger partial charge in [-0.05, 0) is 31.2 Å². The van der Waals surface area contributed by atoms with Crippen LogP contribution in [0.1, 0.15) is 21.6 Å². The van der Waals surface area contributed by atoms with Crippen molar-refractivity contribution in [1.29, 1.82) is 0 Å². The third-order valence-corrected chi connectivity index (χ3v) is 4.24. The zero-order valence-electron chi connectivity index (χ0n) is 15.1. The summed E-state index contributed by atoms with van der Waals surface area (Å²) in [4.78, 5) is 23.8. The van der Waals surface area contributed by atoms with Gasteiger partial charge in [0.05, 0.1) is 29.7 Å². The quantitative estimate of drug-likeness (QED) is 0.497. The normalized spacial score (nSPS) is 10.8. The molecule has 1 aromatic heterocycles. The fourth-order valence-electron chi connectivity index (χ4n) is 2.46. The summed E-state index contributed by atoms with van der Waals surface area (Å²) >= 11 is 6.39. The van der Waals surface area contributed by atoms with E-state index in [2.05, 4.69) is 20.9 Å². The van der Waals surface area contributed by atoms with E-state index in [9.17, 15) is 9.59 Å². The van der Waals surface area contributed by atoms with Gasteiger partial charge in [0.15, 0.2) is 0 Å². The second-order valence-electron chi connectivity index (χ2n) is 5.88. The van der Waals surface area contributed by atoms with Gasteiger partial charge in [-0.3, -0.25) is 9.59 Å². The minimum Gasteiger partial charge on any atom is -0.343 e. The lowest BCUT2D eigenvalue weighted by Gasteiger charge is -2.04. The Morgan fingerprint density at radius 1 is 1.11 bits per heavy atom. The monoisotopic (exact) mass is 395 g/mol. The highest BCUT2D eigenvalue weighted by Crippen LogP contribution is 2.21. The number of nitrogens with zero attached hydrogens (tertiary/aromatic N) is 3. The van der Waals surface area contributed by atoms with E-state index in [1.54, 1.807) is 35.9 Å². The summed E-state index contributed by atoms with van der Waals surface area (Å²) in [7, 11) is 0. The molecule has 0 bridgehead atoms. The van der Waals surface area contributed by atoms with Crippen LogP contribution in [0.5, 0.6) is 0 Å². The Morgan fingerprint density at radius 3 is 2.43 bits per heavy atom. The Morgan fingerprint density at radius 2 is 1.75 bits per heavy atom. The molecule has 142 valence electrons. The number of hydrazone groups is 1. The molecule has 2 aromatic carbocycles. The molecule has 0 fully saturated rings. The molecule has 28 heavy (non-hydrogen) atoms. The van der Waals surface area contributed by atoms with Crippen LogP contribution >= 0.6 is 11.6 Å². The SMILES string of the molecule is Cc1nn(-c2ccccc2)c(Cl)c1/C=N/NC(=O)CNC(=O)c1ccccc1. The van der Waals surface area contributed by atoms with Crippen molar-refractivity contribution >= 4 is 29.6 Å². The first kappa shape index (κ1) is 19.3. The molecule has 1 heterocycles. The Bertz CT molecular complexity index is 1000. The summed E-state index contributed by atoms with van der Waals surface area (Å²) in [6.07, 6.45) is 1.43. The fourth-order valence-corrected chi connectivity index (χ4v) is 2.78. The van der Waals surface area contributed by atoms with Crippen molar-refractivity contribution < 1.29 is 9.59 Å². The molecule has 0 saturated carbocycles. The zero-order valence-corrected chi connectivity index (χ0v) is 15.8. The molecule has 3 rings (SSSR count). The maximum atomic E-state index is 11.9. The van der Waals surface area contributed by atoms with Gasteiger partial charge < -0.3 is 5.32 Å². The first-order valence-electron chi connectivity index (χ1n) is 8.52. The highest BCUT2D eigenvalue weighted by molar-refractivity contribution is 6.32. The van der Waals surface area contributed by atoms with Crippen molar-refractivity contribution in [3.8, 4) is 5.69 Å². The van der Waals surface area contributed by atoms with Crippen molar-refractivity contribution in [2.24, 2.45) is 5.10 Å². The molecule has 2 amide bonds. The topological polar surface area (TPSA) is 88.4 Å². The summed E-state index contributed by atoms with van der Waals surface area (Å²) in [5, 5.41) is 11.2. The minimum atomic E-state index is -0.454. The number of hydrogen-bond acceptors (Lipinski definition) is 4. The molecular formula is C20H18ClN5O2. The standard InChI is InChI=1S/C20H18ClN5O2/c1-14-17(19(21)26(25-14)16-10-6-3-7-11-16)12-23-24-18(27)13-22-20(28)15-8-4-2-5-9-15/h2-12H,13H2,1H3,(H,22,28)(H,24,27)/b23-12+. The summed E-state index contributed by atoms with van der Waals surface area (Å²) < 4.78 is 1.60. The van der Waals surface area contributed by atoms with E-state index in [1.807, 2.05) is 36.4 Å².